The van der Waals surface area contributed by atoms with E-state index in [2.05, 4.69) is 33.8 Å². The lowest BCUT2D eigenvalue weighted by molar-refractivity contribution is 0.0984. The van der Waals surface area contributed by atoms with Crippen LogP contribution < -0.4 is 0 Å². The van der Waals surface area contributed by atoms with Crippen LogP contribution in [0.3, 0.4) is 0 Å². The maximum Gasteiger partial charge on any atom is 0.185 e. The molecule has 2 rings (SSSR count). The van der Waals surface area contributed by atoms with E-state index in [0.29, 0.717) is 12.1 Å². The number of Topliss-reactive ketones (excluding diaryl/α,β-unsaturated/α-hetero) is 1. The highest BCUT2D eigenvalue weighted by atomic mass is 127. The second kappa shape index (κ2) is 5.00. The maximum absolute atomic E-state index is 12.1. The number of halogens is 1. The summed E-state index contributed by atoms with van der Waals surface area (Å²) in [7, 11) is 1.79. The number of rotatable bonds is 3. The molecule has 0 N–H and O–H groups in total. The molecule has 0 saturated carbocycles. The van der Waals surface area contributed by atoms with Crippen LogP contribution in [0, 0.1) is 10.5 Å². The molecular weight excluding hydrogens is 327 g/mol. The Morgan fingerprint density at radius 3 is 2.76 bits per heavy atom. The van der Waals surface area contributed by atoms with Crippen LogP contribution in [0.25, 0.3) is 0 Å². The molecule has 1 heterocycles. The molecule has 0 atom stereocenters. The number of nitrogens with zero attached hydrogens (tertiary/aromatic N) is 2. The standard InChI is InChI=1S/C13H13IN2O/c1-9-7-11(14)4-3-10(9)8-13(17)12-5-6-15-16(12)2/h3-7H,8H2,1-2H3. The van der Waals surface area contributed by atoms with E-state index in [0.717, 1.165) is 11.1 Å². The van der Waals surface area contributed by atoms with Crippen molar-refractivity contribution in [3.63, 3.8) is 0 Å². The molecular formula is C13H13IN2O. The molecule has 0 radical (unpaired) electrons. The largest absolute Gasteiger partial charge is 0.292 e. The molecule has 3 nitrogen and oxygen atoms in total. The van der Waals surface area contributed by atoms with Crippen LogP contribution in [0.4, 0.5) is 0 Å². The average Bonchev–Trinajstić information content (AvgIpc) is 2.68. The lowest BCUT2D eigenvalue weighted by Gasteiger charge is -2.06. The molecule has 4 heteroatoms. The first-order chi connectivity index (χ1) is 8.08. The fourth-order valence-corrected chi connectivity index (χ4v) is 2.42. The summed E-state index contributed by atoms with van der Waals surface area (Å²) in [5.74, 6) is 0.106. The molecule has 1 aromatic heterocycles. The summed E-state index contributed by atoms with van der Waals surface area (Å²) in [6.07, 6.45) is 2.08. The molecule has 1 aromatic carbocycles. The molecule has 17 heavy (non-hydrogen) atoms. The van der Waals surface area contributed by atoms with Gasteiger partial charge in [0, 0.05) is 23.2 Å². The van der Waals surface area contributed by atoms with Crippen molar-refractivity contribution in [2.75, 3.05) is 0 Å². The zero-order chi connectivity index (χ0) is 12.4. The third-order valence-corrected chi connectivity index (χ3v) is 3.43. The summed E-state index contributed by atoms with van der Waals surface area (Å²) in [6.45, 7) is 2.04. The van der Waals surface area contributed by atoms with E-state index in [9.17, 15) is 4.79 Å². The van der Waals surface area contributed by atoms with Gasteiger partial charge in [-0.3, -0.25) is 9.48 Å². The van der Waals surface area contributed by atoms with Crippen molar-refractivity contribution >= 4 is 28.4 Å². The number of hydrogen-bond acceptors (Lipinski definition) is 2. The van der Waals surface area contributed by atoms with E-state index in [-0.39, 0.29) is 5.78 Å². The molecule has 2 aromatic rings. The van der Waals surface area contributed by atoms with Gasteiger partial charge in [0.25, 0.3) is 0 Å². The van der Waals surface area contributed by atoms with Crippen LogP contribution in [0.2, 0.25) is 0 Å². The molecule has 0 aliphatic rings. The Labute approximate surface area is 114 Å². The molecule has 0 aliphatic carbocycles. The van der Waals surface area contributed by atoms with Crippen LogP contribution in [0.1, 0.15) is 21.6 Å². The van der Waals surface area contributed by atoms with Crippen LogP contribution >= 0.6 is 22.6 Å². The molecule has 0 spiro atoms. The van der Waals surface area contributed by atoms with E-state index < -0.39 is 0 Å². The second-order valence-electron chi connectivity index (χ2n) is 4.01. The van der Waals surface area contributed by atoms with Gasteiger partial charge in [-0.2, -0.15) is 5.10 Å². The first kappa shape index (κ1) is 12.3. The minimum absolute atomic E-state index is 0.106. The molecule has 0 amide bonds. The number of aryl methyl sites for hydroxylation is 2. The lowest BCUT2D eigenvalue weighted by atomic mass is 10.0. The van der Waals surface area contributed by atoms with Gasteiger partial charge in [-0.25, -0.2) is 0 Å². The molecule has 88 valence electrons. The Hall–Kier alpha value is -1.17. The van der Waals surface area contributed by atoms with Gasteiger partial charge in [0.1, 0.15) is 5.69 Å². The highest BCUT2D eigenvalue weighted by Gasteiger charge is 2.12. The van der Waals surface area contributed by atoms with Gasteiger partial charge in [-0.15, -0.1) is 0 Å². The molecule has 0 bridgehead atoms. The Bertz CT molecular complexity index is 560. The number of carbonyl (C=O) groups is 1. The van der Waals surface area contributed by atoms with Gasteiger partial charge < -0.3 is 0 Å². The normalized spacial score (nSPS) is 10.5. The van der Waals surface area contributed by atoms with Crippen LogP contribution in [0.5, 0.6) is 0 Å². The lowest BCUT2D eigenvalue weighted by Crippen LogP contribution is -2.10. The zero-order valence-corrected chi connectivity index (χ0v) is 11.9. The van der Waals surface area contributed by atoms with Gasteiger partial charge in [0.05, 0.1) is 0 Å². The summed E-state index contributed by atoms with van der Waals surface area (Å²) in [6, 6.07) is 7.89. The quantitative estimate of drug-likeness (QED) is 0.636. The Morgan fingerprint density at radius 1 is 1.41 bits per heavy atom. The summed E-state index contributed by atoms with van der Waals surface area (Å²) < 4.78 is 2.81. The number of hydrogen-bond donors (Lipinski definition) is 0. The first-order valence-corrected chi connectivity index (χ1v) is 6.42. The van der Waals surface area contributed by atoms with Crippen LogP contribution in [-0.4, -0.2) is 15.6 Å². The van der Waals surface area contributed by atoms with Crippen LogP contribution in [-0.2, 0) is 13.5 Å². The van der Waals surface area contributed by atoms with Gasteiger partial charge in [-0.05, 0) is 58.8 Å². The van der Waals surface area contributed by atoms with Crippen molar-refractivity contribution in [1.29, 1.82) is 0 Å². The zero-order valence-electron chi connectivity index (χ0n) is 9.77. The van der Waals surface area contributed by atoms with E-state index in [4.69, 9.17) is 0 Å². The Balaban J connectivity index is 2.22. The number of aromatic nitrogens is 2. The fraction of sp³-hybridized carbons (Fsp3) is 0.231. The summed E-state index contributed by atoms with van der Waals surface area (Å²) in [4.78, 5) is 12.1. The molecule has 0 aliphatic heterocycles. The van der Waals surface area contributed by atoms with Crippen LogP contribution in [0.15, 0.2) is 30.5 Å². The van der Waals surface area contributed by atoms with Crippen molar-refractivity contribution < 1.29 is 4.79 Å². The highest BCUT2D eigenvalue weighted by Crippen LogP contribution is 2.15. The smallest absolute Gasteiger partial charge is 0.185 e. The SMILES string of the molecule is Cc1cc(I)ccc1CC(=O)c1ccnn1C. The van der Waals surface area contributed by atoms with Gasteiger partial charge in [-0.1, -0.05) is 6.07 Å². The fourth-order valence-electron chi connectivity index (χ4n) is 1.77. The van der Waals surface area contributed by atoms with Crippen molar-refractivity contribution in [2.24, 2.45) is 7.05 Å². The number of benzene rings is 1. The van der Waals surface area contributed by atoms with E-state index in [1.54, 1.807) is 24.0 Å². The predicted octanol–water partition coefficient (Wildman–Crippen LogP) is 2.76. The molecule has 0 saturated heterocycles. The van der Waals surface area contributed by atoms with E-state index >= 15 is 0 Å². The first-order valence-electron chi connectivity index (χ1n) is 5.34. The summed E-state index contributed by atoms with van der Waals surface area (Å²) >= 11 is 2.27. The van der Waals surface area contributed by atoms with Crippen molar-refractivity contribution in [1.82, 2.24) is 9.78 Å². The van der Waals surface area contributed by atoms with E-state index in [1.807, 2.05) is 19.1 Å². The van der Waals surface area contributed by atoms with E-state index in [1.165, 1.54) is 3.57 Å². The van der Waals surface area contributed by atoms with Gasteiger partial charge in [0.2, 0.25) is 0 Å². The Kier molecular flexibility index (Phi) is 3.61. The van der Waals surface area contributed by atoms with Gasteiger partial charge in [0.15, 0.2) is 5.78 Å². The van der Waals surface area contributed by atoms with Crippen molar-refractivity contribution in [3.8, 4) is 0 Å². The number of carbonyl (C=O) groups excluding carboxylic acids is 1. The predicted molar refractivity (Wildman–Crippen MR) is 75.1 cm³/mol. The van der Waals surface area contributed by atoms with Gasteiger partial charge >= 0.3 is 0 Å². The highest BCUT2D eigenvalue weighted by molar-refractivity contribution is 14.1. The monoisotopic (exact) mass is 340 g/mol. The number of ketones is 1. The summed E-state index contributed by atoms with van der Waals surface area (Å²) in [5.41, 5.74) is 2.90. The second-order valence-corrected chi connectivity index (χ2v) is 5.26. The third kappa shape index (κ3) is 2.74. The summed E-state index contributed by atoms with van der Waals surface area (Å²) in [5, 5.41) is 4.01. The topological polar surface area (TPSA) is 34.9 Å². The third-order valence-electron chi connectivity index (χ3n) is 2.76. The Morgan fingerprint density at radius 2 is 2.18 bits per heavy atom. The van der Waals surface area contributed by atoms with Crippen molar-refractivity contribution in [2.45, 2.75) is 13.3 Å². The minimum atomic E-state index is 0.106. The average molecular weight is 340 g/mol. The maximum atomic E-state index is 12.1. The van der Waals surface area contributed by atoms with Crippen molar-refractivity contribution in [3.05, 3.63) is 50.9 Å². The minimum Gasteiger partial charge on any atom is -0.292 e. The molecule has 0 unspecified atom stereocenters. The molecule has 0 fully saturated rings.